The zero-order valence-corrected chi connectivity index (χ0v) is 36.9. The molecule has 0 aliphatic rings. The standard InChI is InChI=1S/C63H41N5/c1-5-19-42(20-6-1)45-35-37-58-54(40-45)60-50(31-18-34-59(60)67(58)49-27-11-4-12-28-49)46-25-17-26-47(39-46)62-64-61(44-23-9-3-10-24-44)65-63(66-62)48-36-38-57(53(41-48)43-21-7-2-8-22-43)68-55-32-15-13-29-51(55)52-30-14-16-33-56(52)68/h1-41H. The van der Waals surface area contributed by atoms with Gasteiger partial charge in [-0.05, 0) is 94.5 Å². The molecule has 3 aromatic heterocycles. The molecule has 5 nitrogen and oxygen atoms in total. The van der Waals surface area contributed by atoms with Crippen molar-refractivity contribution in [1.29, 1.82) is 0 Å². The smallest absolute Gasteiger partial charge is 0.164 e. The van der Waals surface area contributed by atoms with Crippen LogP contribution in [0.2, 0.25) is 0 Å². The highest BCUT2D eigenvalue weighted by Gasteiger charge is 2.21. The summed E-state index contributed by atoms with van der Waals surface area (Å²) in [4.78, 5) is 15.8. The first-order chi connectivity index (χ1) is 33.7. The van der Waals surface area contributed by atoms with E-state index < -0.39 is 0 Å². The Kier molecular flexibility index (Phi) is 9.43. The van der Waals surface area contributed by atoms with Crippen LogP contribution in [-0.2, 0) is 0 Å². The topological polar surface area (TPSA) is 48.5 Å². The molecule has 5 heteroatoms. The molecule has 13 rings (SSSR count). The molecule has 0 bridgehead atoms. The van der Waals surface area contributed by atoms with E-state index in [2.05, 4.69) is 240 Å². The lowest BCUT2D eigenvalue weighted by Gasteiger charge is -2.16. The van der Waals surface area contributed by atoms with Crippen molar-refractivity contribution in [1.82, 2.24) is 24.1 Å². The SMILES string of the molecule is c1ccc(-c2ccc3c(c2)c2c(-c4cccc(-c5nc(-c6ccccc6)nc(-c6ccc(-n7c8ccccc8c8ccccc87)c(-c7ccccc7)c6)n5)c4)cccc2n3-c2ccccc2)cc1. The summed E-state index contributed by atoms with van der Waals surface area (Å²) in [6.45, 7) is 0. The molecule has 0 aliphatic carbocycles. The zero-order valence-electron chi connectivity index (χ0n) is 36.9. The second kappa shape index (κ2) is 16.4. The fourth-order valence-corrected chi connectivity index (χ4v) is 10.1. The summed E-state index contributed by atoms with van der Waals surface area (Å²) in [6, 6.07) is 88.2. The summed E-state index contributed by atoms with van der Waals surface area (Å²) in [6.07, 6.45) is 0. The maximum atomic E-state index is 5.33. The molecule has 318 valence electrons. The average molecular weight is 868 g/mol. The predicted octanol–water partition coefficient (Wildman–Crippen LogP) is 16.1. The van der Waals surface area contributed by atoms with E-state index in [1.807, 2.05) is 18.2 Å². The van der Waals surface area contributed by atoms with Crippen LogP contribution in [0.25, 0.3) is 123 Å². The Hall–Kier alpha value is -9.19. The van der Waals surface area contributed by atoms with Crippen LogP contribution >= 0.6 is 0 Å². The number of benzene rings is 10. The Labute approximate surface area is 393 Å². The van der Waals surface area contributed by atoms with Crippen LogP contribution in [0, 0.1) is 0 Å². The molecule has 0 unspecified atom stereocenters. The number of aromatic nitrogens is 5. The quantitative estimate of drug-likeness (QED) is 0.153. The molecule has 0 spiro atoms. The second-order valence-corrected chi connectivity index (χ2v) is 17.2. The van der Waals surface area contributed by atoms with Crippen LogP contribution in [0.5, 0.6) is 0 Å². The van der Waals surface area contributed by atoms with E-state index in [0.717, 1.165) is 72.4 Å². The number of hydrogen-bond donors (Lipinski definition) is 0. The van der Waals surface area contributed by atoms with E-state index in [0.29, 0.717) is 17.5 Å². The number of nitrogens with zero attached hydrogens (tertiary/aromatic N) is 5. The van der Waals surface area contributed by atoms with Gasteiger partial charge in [-0.1, -0.05) is 182 Å². The third kappa shape index (κ3) is 6.68. The first-order valence-electron chi connectivity index (χ1n) is 23.0. The third-order valence-corrected chi connectivity index (χ3v) is 13.2. The van der Waals surface area contributed by atoms with Crippen LogP contribution in [-0.4, -0.2) is 24.1 Å². The lowest BCUT2D eigenvalue weighted by molar-refractivity contribution is 1.07. The Morgan fingerprint density at radius 3 is 1.41 bits per heavy atom. The molecule has 0 aliphatic heterocycles. The van der Waals surface area contributed by atoms with Crippen molar-refractivity contribution in [3.05, 3.63) is 249 Å². The average Bonchev–Trinajstić information content (AvgIpc) is 3.94. The minimum absolute atomic E-state index is 0.603. The number of rotatable bonds is 8. The third-order valence-electron chi connectivity index (χ3n) is 13.2. The molecule has 10 aromatic carbocycles. The number of para-hydroxylation sites is 3. The van der Waals surface area contributed by atoms with Gasteiger partial charge < -0.3 is 9.13 Å². The van der Waals surface area contributed by atoms with E-state index in [-0.39, 0.29) is 0 Å². The van der Waals surface area contributed by atoms with Gasteiger partial charge in [0.15, 0.2) is 17.5 Å². The lowest BCUT2D eigenvalue weighted by Crippen LogP contribution is -2.02. The molecule has 68 heavy (non-hydrogen) atoms. The highest BCUT2D eigenvalue weighted by Crippen LogP contribution is 2.42. The Bertz CT molecular complexity index is 3950. The minimum atomic E-state index is 0.603. The van der Waals surface area contributed by atoms with Gasteiger partial charge in [-0.2, -0.15) is 0 Å². The van der Waals surface area contributed by atoms with Gasteiger partial charge in [0, 0.05) is 49.5 Å². The molecule has 0 atom stereocenters. The molecule has 0 amide bonds. The van der Waals surface area contributed by atoms with Crippen molar-refractivity contribution < 1.29 is 0 Å². The molecule has 0 radical (unpaired) electrons. The summed E-state index contributed by atoms with van der Waals surface area (Å²) in [7, 11) is 0. The van der Waals surface area contributed by atoms with Crippen molar-refractivity contribution in [3.63, 3.8) is 0 Å². The summed E-state index contributed by atoms with van der Waals surface area (Å²) < 4.78 is 4.77. The van der Waals surface area contributed by atoms with Gasteiger partial charge in [0.25, 0.3) is 0 Å². The summed E-state index contributed by atoms with van der Waals surface area (Å²) in [5.74, 6) is 1.82. The summed E-state index contributed by atoms with van der Waals surface area (Å²) >= 11 is 0. The van der Waals surface area contributed by atoms with Crippen molar-refractivity contribution in [2.75, 3.05) is 0 Å². The Morgan fingerprint density at radius 1 is 0.250 bits per heavy atom. The van der Waals surface area contributed by atoms with Crippen LogP contribution < -0.4 is 0 Å². The molecule has 0 fully saturated rings. The van der Waals surface area contributed by atoms with Crippen LogP contribution in [0.3, 0.4) is 0 Å². The summed E-state index contributed by atoms with van der Waals surface area (Å²) in [5, 5.41) is 4.83. The Balaban J connectivity index is 0.995. The van der Waals surface area contributed by atoms with Crippen LogP contribution in [0.1, 0.15) is 0 Å². The van der Waals surface area contributed by atoms with Crippen LogP contribution in [0.4, 0.5) is 0 Å². The summed E-state index contributed by atoms with van der Waals surface area (Å²) in [5.41, 5.74) is 16.3. The van der Waals surface area contributed by atoms with E-state index in [9.17, 15) is 0 Å². The first-order valence-corrected chi connectivity index (χ1v) is 23.0. The van der Waals surface area contributed by atoms with Gasteiger partial charge >= 0.3 is 0 Å². The van der Waals surface area contributed by atoms with Gasteiger partial charge in [0.1, 0.15) is 0 Å². The van der Waals surface area contributed by atoms with E-state index in [4.69, 9.17) is 15.0 Å². The number of hydrogen-bond acceptors (Lipinski definition) is 3. The van der Waals surface area contributed by atoms with Crippen LogP contribution in [0.15, 0.2) is 249 Å². The maximum Gasteiger partial charge on any atom is 0.164 e. The fraction of sp³-hybridized carbons (Fsp3) is 0. The highest BCUT2D eigenvalue weighted by molar-refractivity contribution is 6.17. The fourth-order valence-electron chi connectivity index (χ4n) is 10.1. The van der Waals surface area contributed by atoms with Gasteiger partial charge in [-0.25, -0.2) is 15.0 Å². The van der Waals surface area contributed by atoms with Crippen molar-refractivity contribution in [2.45, 2.75) is 0 Å². The number of fused-ring (bicyclic) bond motifs is 6. The van der Waals surface area contributed by atoms with Gasteiger partial charge in [-0.15, -0.1) is 0 Å². The molecule has 13 aromatic rings. The molecular formula is C63H41N5. The molecule has 3 heterocycles. The van der Waals surface area contributed by atoms with Gasteiger partial charge in [-0.3, -0.25) is 0 Å². The van der Waals surface area contributed by atoms with Gasteiger partial charge in [0.05, 0.1) is 27.8 Å². The lowest BCUT2D eigenvalue weighted by atomic mass is 9.96. The van der Waals surface area contributed by atoms with E-state index in [1.54, 1.807) is 0 Å². The highest BCUT2D eigenvalue weighted by atomic mass is 15.0. The molecule has 0 saturated carbocycles. The second-order valence-electron chi connectivity index (χ2n) is 17.2. The monoisotopic (exact) mass is 867 g/mol. The first kappa shape index (κ1) is 39.2. The van der Waals surface area contributed by atoms with Crippen molar-refractivity contribution in [2.24, 2.45) is 0 Å². The van der Waals surface area contributed by atoms with Crippen molar-refractivity contribution in [3.8, 4) is 78.9 Å². The van der Waals surface area contributed by atoms with E-state index in [1.165, 1.54) is 32.7 Å². The predicted molar refractivity (Wildman–Crippen MR) is 281 cm³/mol. The van der Waals surface area contributed by atoms with Gasteiger partial charge in [0.2, 0.25) is 0 Å². The molecular weight excluding hydrogens is 827 g/mol. The minimum Gasteiger partial charge on any atom is -0.309 e. The maximum absolute atomic E-state index is 5.33. The molecule has 0 N–H and O–H groups in total. The van der Waals surface area contributed by atoms with E-state index >= 15 is 0 Å². The van der Waals surface area contributed by atoms with Crippen molar-refractivity contribution >= 4 is 43.6 Å². The molecule has 0 saturated heterocycles. The zero-order chi connectivity index (χ0) is 45.0. The Morgan fingerprint density at radius 2 is 0.735 bits per heavy atom. The normalized spacial score (nSPS) is 11.5. The largest absolute Gasteiger partial charge is 0.309 e.